The van der Waals surface area contributed by atoms with Gasteiger partial charge in [-0.1, -0.05) is 27.7 Å². The summed E-state index contributed by atoms with van der Waals surface area (Å²) >= 11 is 0. The minimum absolute atomic E-state index is 0.571. The molecule has 2 heteroatoms. The van der Waals surface area contributed by atoms with Crippen LogP contribution in [0.5, 0.6) is 0 Å². The van der Waals surface area contributed by atoms with Crippen molar-refractivity contribution in [3.63, 3.8) is 0 Å². The number of hydrogen-bond acceptors (Lipinski definition) is 2. The van der Waals surface area contributed by atoms with Crippen molar-refractivity contribution in [2.75, 3.05) is 26.3 Å². The molecule has 0 aromatic carbocycles. The first kappa shape index (κ1) is 10.4. The first-order chi connectivity index (χ1) is 6.54. The Balaban J connectivity index is 1.89. The van der Waals surface area contributed by atoms with Gasteiger partial charge >= 0.3 is 0 Å². The molecule has 0 bridgehead atoms. The van der Waals surface area contributed by atoms with E-state index in [1.807, 2.05) is 0 Å². The van der Waals surface area contributed by atoms with Crippen LogP contribution in [0.1, 0.15) is 27.7 Å². The standard InChI is InChI=1S/C12H23NO/c1-9(2)11(10(3)4)13-5-12(6-13)7-14-8-12/h9-11H,5-8H2,1-4H3. The molecule has 0 amide bonds. The number of ether oxygens (including phenoxy) is 1. The third-order valence-corrected chi connectivity index (χ3v) is 3.68. The van der Waals surface area contributed by atoms with E-state index < -0.39 is 0 Å². The highest BCUT2D eigenvalue weighted by Crippen LogP contribution is 2.40. The maximum absolute atomic E-state index is 5.30. The maximum Gasteiger partial charge on any atom is 0.0569 e. The van der Waals surface area contributed by atoms with Crippen LogP contribution >= 0.6 is 0 Å². The van der Waals surface area contributed by atoms with Gasteiger partial charge in [-0.25, -0.2) is 0 Å². The van der Waals surface area contributed by atoms with E-state index in [9.17, 15) is 0 Å². The monoisotopic (exact) mass is 197 g/mol. The summed E-state index contributed by atoms with van der Waals surface area (Å²) in [6.07, 6.45) is 0. The zero-order valence-electron chi connectivity index (χ0n) is 9.92. The molecule has 2 fully saturated rings. The lowest BCUT2D eigenvalue weighted by molar-refractivity contribution is -0.205. The molecule has 1 spiro atoms. The molecule has 14 heavy (non-hydrogen) atoms. The van der Waals surface area contributed by atoms with Crippen molar-refractivity contribution < 1.29 is 4.74 Å². The van der Waals surface area contributed by atoms with Gasteiger partial charge in [0, 0.05) is 24.5 Å². The molecule has 0 aromatic heterocycles. The first-order valence-corrected chi connectivity index (χ1v) is 5.86. The molecule has 2 aliphatic rings. The smallest absolute Gasteiger partial charge is 0.0569 e. The summed E-state index contributed by atoms with van der Waals surface area (Å²) in [6, 6.07) is 0.765. The first-order valence-electron chi connectivity index (χ1n) is 5.86. The van der Waals surface area contributed by atoms with E-state index in [1.54, 1.807) is 0 Å². The molecule has 2 saturated heterocycles. The molecular weight excluding hydrogens is 174 g/mol. The normalized spacial score (nSPS) is 25.9. The number of rotatable bonds is 3. The van der Waals surface area contributed by atoms with Crippen LogP contribution in [0.2, 0.25) is 0 Å². The molecular formula is C12H23NO. The highest BCUT2D eigenvalue weighted by atomic mass is 16.5. The van der Waals surface area contributed by atoms with Gasteiger partial charge < -0.3 is 4.74 Å². The molecule has 0 N–H and O–H groups in total. The fourth-order valence-electron chi connectivity index (χ4n) is 3.21. The number of nitrogens with zero attached hydrogens (tertiary/aromatic N) is 1. The molecule has 82 valence electrons. The Labute approximate surface area is 87.6 Å². The van der Waals surface area contributed by atoms with Crippen molar-refractivity contribution in [1.82, 2.24) is 4.90 Å². The summed E-state index contributed by atoms with van der Waals surface area (Å²) in [5, 5.41) is 0. The van der Waals surface area contributed by atoms with Gasteiger partial charge in [0.15, 0.2) is 0 Å². The molecule has 0 saturated carbocycles. The molecule has 2 heterocycles. The van der Waals surface area contributed by atoms with Crippen LogP contribution in [0.4, 0.5) is 0 Å². The highest BCUT2D eigenvalue weighted by molar-refractivity contribution is 5.02. The molecule has 0 aromatic rings. The van der Waals surface area contributed by atoms with Gasteiger partial charge in [0.1, 0.15) is 0 Å². The van der Waals surface area contributed by atoms with E-state index in [0.717, 1.165) is 31.1 Å². The van der Waals surface area contributed by atoms with Gasteiger partial charge in [-0.15, -0.1) is 0 Å². The van der Waals surface area contributed by atoms with Crippen LogP contribution < -0.4 is 0 Å². The molecule has 2 aliphatic heterocycles. The van der Waals surface area contributed by atoms with Crippen LogP contribution in [-0.4, -0.2) is 37.2 Å². The lowest BCUT2D eigenvalue weighted by atomic mass is 9.75. The van der Waals surface area contributed by atoms with Crippen LogP contribution in [0.15, 0.2) is 0 Å². The van der Waals surface area contributed by atoms with E-state index in [-0.39, 0.29) is 0 Å². The van der Waals surface area contributed by atoms with E-state index in [1.165, 1.54) is 13.1 Å². The van der Waals surface area contributed by atoms with Crippen molar-refractivity contribution in [1.29, 1.82) is 0 Å². The van der Waals surface area contributed by atoms with Gasteiger partial charge in [0.2, 0.25) is 0 Å². The molecule has 2 rings (SSSR count). The fourth-order valence-corrected chi connectivity index (χ4v) is 3.21. The Bertz CT molecular complexity index is 192. The second-order valence-corrected chi connectivity index (χ2v) is 5.88. The Morgan fingerprint density at radius 2 is 1.50 bits per heavy atom. The topological polar surface area (TPSA) is 12.5 Å². The summed E-state index contributed by atoms with van der Waals surface area (Å²) in [4.78, 5) is 2.65. The molecule has 0 aliphatic carbocycles. The van der Waals surface area contributed by atoms with Gasteiger partial charge in [-0.05, 0) is 11.8 Å². The lowest BCUT2D eigenvalue weighted by Gasteiger charge is -2.59. The Kier molecular flexibility index (Phi) is 2.61. The maximum atomic E-state index is 5.30. The average molecular weight is 197 g/mol. The van der Waals surface area contributed by atoms with Crippen LogP contribution in [-0.2, 0) is 4.74 Å². The minimum Gasteiger partial charge on any atom is -0.380 e. The Morgan fingerprint density at radius 1 is 1.00 bits per heavy atom. The summed E-state index contributed by atoms with van der Waals surface area (Å²) in [6.45, 7) is 13.9. The average Bonchev–Trinajstić information content (AvgIpc) is 1.89. The van der Waals surface area contributed by atoms with E-state index in [2.05, 4.69) is 32.6 Å². The fraction of sp³-hybridized carbons (Fsp3) is 1.00. The van der Waals surface area contributed by atoms with Gasteiger partial charge in [-0.2, -0.15) is 0 Å². The molecule has 0 atom stereocenters. The zero-order chi connectivity index (χ0) is 10.3. The summed E-state index contributed by atoms with van der Waals surface area (Å²) < 4.78 is 5.30. The third-order valence-electron chi connectivity index (χ3n) is 3.68. The molecule has 0 unspecified atom stereocenters. The predicted molar refractivity (Wildman–Crippen MR) is 58.3 cm³/mol. The Hall–Kier alpha value is -0.0800. The van der Waals surface area contributed by atoms with Gasteiger partial charge in [-0.3, -0.25) is 4.90 Å². The van der Waals surface area contributed by atoms with Crippen molar-refractivity contribution in [3.05, 3.63) is 0 Å². The third kappa shape index (κ3) is 1.59. The van der Waals surface area contributed by atoms with Crippen LogP contribution in [0.25, 0.3) is 0 Å². The van der Waals surface area contributed by atoms with Crippen molar-refractivity contribution in [2.24, 2.45) is 17.3 Å². The zero-order valence-corrected chi connectivity index (χ0v) is 9.92. The number of hydrogen-bond donors (Lipinski definition) is 0. The summed E-state index contributed by atoms with van der Waals surface area (Å²) in [7, 11) is 0. The van der Waals surface area contributed by atoms with E-state index in [0.29, 0.717) is 5.41 Å². The van der Waals surface area contributed by atoms with Crippen LogP contribution in [0, 0.1) is 17.3 Å². The van der Waals surface area contributed by atoms with Gasteiger partial charge in [0.25, 0.3) is 0 Å². The SMILES string of the molecule is CC(C)C(C(C)C)N1CC2(COC2)C1. The molecule has 0 radical (unpaired) electrons. The van der Waals surface area contributed by atoms with Crippen molar-refractivity contribution in [3.8, 4) is 0 Å². The molecule has 2 nitrogen and oxygen atoms in total. The minimum atomic E-state index is 0.571. The highest BCUT2D eigenvalue weighted by Gasteiger charge is 2.51. The van der Waals surface area contributed by atoms with E-state index in [4.69, 9.17) is 4.74 Å². The predicted octanol–water partition coefficient (Wildman–Crippen LogP) is 2.00. The van der Waals surface area contributed by atoms with Crippen molar-refractivity contribution in [2.45, 2.75) is 33.7 Å². The lowest BCUT2D eigenvalue weighted by Crippen LogP contribution is -2.69. The number of likely N-dealkylation sites (tertiary alicyclic amines) is 1. The van der Waals surface area contributed by atoms with E-state index >= 15 is 0 Å². The Morgan fingerprint density at radius 3 is 1.79 bits per heavy atom. The quantitative estimate of drug-likeness (QED) is 0.686. The summed E-state index contributed by atoms with van der Waals surface area (Å²) in [5.74, 6) is 1.54. The van der Waals surface area contributed by atoms with Gasteiger partial charge in [0.05, 0.1) is 13.2 Å². The second-order valence-electron chi connectivity index (χ2n) is 5.88. The van der Waals surface area contributed by atoms with Crippen molar-refractivity contribution >= 4 is 0 Å². The van der Waals surface area contributed by atoms with Crippen LogP contribution in [0.3, 0.4) is 0 Å². The summed E-state index contributed by atoms with van der Waals surface area (Å²) in [5.41, 5.74) is 0.571. The largest absolute Gasteiger partial charge is 0.380 e. The second kappa shape index (κ2) is 3.49.